The lowest BCUT2D eigenvalue weighted by Crippen LogP contribution is -2.46. The highest BCUT2D eigenvalue weighted by Gasteiger charge is 2.19. The minimum atomic E-state index is 0.553. The molecular formula is C21H23ClN4O. The second kappa shape index (κ2) is 8.65. The lowest BCUT2D eigenvalue weighted by Gasteiger charge is -2.33. The largest absolute Gasteiger partial charge is 0.338 e. The zero-order valence-corrected chi connectivity index (χ0v) is 16.0. The summed E-state index contributed by atoms with van der Waals surface area (Å²) in [6.45, 7) is 5.95. The SMILES string of the molecule is Clc1ccccc1-c1noc(CN2CCN(CCc3ccccc3)CC2)n1. The fourth-order valence-corrected chi connectivity index (χ4v) is 3.59. The highest BCUT2D eigenvalue weighted by atomic mass is 35.5. The van der Waals surface area contributed by atoms with Gasteiger partial charge in [0.05, 0.1) is 11.6 Å². The van der Waals surface area contributed by atoms with E-state index in [2.05, 4.69) is 50.3 Å². The van der Waals surface area contributed by atoms with Crippen LogP contribution >= 0.6 is 11.6 Å². The zero-order chi connectivity index (χ0) is 18.5. The van der Waals surface area contributed by atoms with Crippen LogP contribution in [-0.2, 0) is 13.0 Å². The van der Waals surface area contributed by atoms with Gasteiger partial charge < -0.3 is 9.42 Å². The normalized spacial score (nSPS) is 15.9. The van der Waals surface area contributed by atoms with Crippen LogP contribution < -0.4 is 0 Å². The summed E-state index contributed by atoms with van der Waals surface area (Å²) in [6.07, 6.45) is 1.10. The predicted octanol–water partition coefficient (Wildman–Crippen LogP) is 3.75. The number of rotatable bonds is 6. The van der Waals surface area contributed by atoms with Gasteiger partial charge in [-0.25, -0.2) is 0 Å². The molecule has 1 saturated heterocycles. The van der Waals surface area contributed by atoms with E-state index in [-0.39, 0.29) is 0 Å². The molecule has 5 nitrogen and oxygen atoms in total. The number of hydrogen-bond donors (Lipinski definition) is 0. The van der Waals surface area contributed by atoms with Gasteiger partial charge in [0.25, 0.3) is 0 Å². The van der Waals surface area contributed by atoms with E-state index in [0.717, 1.165) is 44.7 Å². The van der Waals surface area contributed by atoms with Crippen molar-refractivity contribution >= 4 is 11.6 Å². The first-order valence-electron chi connectivity index (χ1n) is 9.34. The van der Waals surface area contributed by atoms with E-state index in [4.69, 9.17) is 16.1 Å². The highest BCUT2D eigenvalue weighted by Crippen LogP contribution is 2.25. The van der Waals surface area contributed by atoms with Crippen molar-refractivity contribution in [1.29, 1.82) is 0 Å². The third kappa shape index (κ3) is 4.75. The number of aromatic nitrogens is 2. The van der Waals surface area contributed by atoms with Gasteiger partial charge in [-0.2, -0.15) is 4.98 Å². The Kier molecular flexibility index (Phi) is 5.82. The maximum atomic E-state index is 6.21. The monoisotopic (exact) mass is 382 g/mol. The summed E-state index contributed by atoms with van der Waals surface area (Å²) in [7, 11) is 0. The Morgan fingerprint density at radius 1 is 0.889 bits per heavy atom. The second-order valence-electron chi connectivity index (χ2n) is 6.84. The Labute approximate surface area is 164 Å². The van der Waals surface area contributed by atoms with Gasteiger partial charge in [0.2, 0.25) is 11.7 Å². The summed E-state index contributed by atoms with van der Waals surface area (Å²) in [5.74, 6) is 1.19. The van der Waals surface area contributed by atoms with Crippen LogP contribution in [0.1, 0.15) is 11.5 Å². The number of hydrogen-bond acceptors (Lipinski definition) is 5. The average Bonchev–Trinajstić information content (AvgIpc) is 3.17. The molecule has 4 rings (SSSR count). The molecule has 140 valence electrons. The van der Waals surface area contributed by atoms with Crippen molar-refractivity contribution in [2.45, 2.75) is 13.0 Å². The summed E-state index contributed by atoms with van der Waals surface area (Å²) in [5.41, 5.74) is 2.21. The van der Waals surface area contributed by atoms with Gasteiger partial charge in [0.15, 0.2) is 0 Å². The van der Waals surface area contributed by atoms with Gasteiger partial charge in [-0.1, -0.05) is 59.2 Å². The summed E-state index contributed by atoms with van der Waals surface area (Å²) < 4.78 is 5.43. The maximum absolute atomic E-state index is 6.21. The van der Waals surface area contributed by atoms with Crippen LogP contribution in [0.3, 0.4) is 0 Å². The van der Waals surface area contributed by atoms with Crippen molar-refractivity contribution in [1.82, 2.24) is 19.9 Å². The quantitative estimate of drug-likeness (QED) is 0.649. The lowest BCUT2D eigenvalue weighted by atomic mass is 10.1. The topological polar surface area (TPSA) is 45.4 Å². The van der Waals surface area contributed by atoms with Gasteiger partial charge in [-0.05, 0) is 24.1 Å². The zero-order valence-electron chi connectivity index (χ0n) is 15.2. The Hall–Kier alpha value is -2.21. The molecule has 1 aliphatic heterocycles. The molecular weight excluding hydrogens is 360 g/mol. The van der Waals surface area contributed by atoms with E-state index in [1.165, 1.54) is 5.56 Å². The van der Waals surface area contributed by atoms with E-state index in [1.807, 2.05) is 24.3 Å². The minimum Gasteiger partial charge on any atom is -0.338 e. The van der Waals surface area contributed by atoms with Crippen LogP contribution in [0.5, 0.6) is 0 Å². The first-order valence-corrected chi connectivity index (χ1v) is 9.72. The fourth-order valence-electron chi connectivity index (χ4n) is 3.37. The molecule has 0 saturated carbocycles. The van der Waals surface area contributed by atoms with Crippen molar-refractivity contribution in [2.24, 2.45) is 0 Å². The molecule has 2 heterocycles. The van der Waals surface area contributed by atoms with Gasteiger partial charge in [0, 0.05) is 38.3 Å². The molecule has 2 aromatic carbocycles. The molecule has 27 heavy (non-hydrogen) atoms. The number of halogens is 1. The van der Waals surface area contributed by atoms with E-state index < -0.39 is 0 Å². The Morgan fingerprint density at radius 2 is 1.59 bits per heavy atom. The molecule has 6 heteroatoms. The predicted molar refractivity (Wildman–Crippen MR) is 107 cm³/mol. The van der Waals surface area contributed by atoms with Crippen LogP contribution in [-0.4, -0.2) is 52.7 Å². The third-order valence-electron chi connectivity index (χ3n) is 4.97. The smallest absolute Gasteiger partial charge is 0.241 e. The lowest BCUT2D eigenvalue weighted by molar-refractivity contribution is 0.118. The molecule has 3 aromatic rings. The van der Waals surface area contributed by atoms with Crippen LogP contribution in [0, 0.1) is 0 Å². The van der Waals surface area contributed by atoms with Crippen molar-refractivity contribution in [3.63, 3.8) is 0 Å². The number of nitrogens with zero attached hydrogens (tertiary/aromatic N) is 4. The van der Waals surface area contributed by atoms with Gasteiger partial charge in [-0.3, -0.25) is 4.90 Å². The molecule has 0 aliphatic carbocycles. The van der Waals surface area contributed by atoms with E-state index in [1.54, 1.807) is 0 Å². The van der Waals surface area contributed by atoms with Crippen LogP contribution in [0.2, 0.25) is 5.02 Å². The molecule has 1 fully saturated rings. The molecule has 1 aromatic heterocycles. The summed E-state index contributed by atoms with van der Waals surface area (Å²) in [5, 5.41) is 4.72. The highest BCUT2D eigenvalue weighted by molar-refractivity contribution is 6.33. The summed E-state index contributed by atoms with van der Waals surface area (Å²) >= 11 is 6.21. The number of piperazine rings is 1. The molecule has 0 N–H and O–H groups in total. The molecule has 1 aliphatic rings. The summed E-state index contributed by atoms with van der Waals surface area (Å²) in [4.78, 5) is 9.40. The van der Waals surface area contributed by atoms with E-state index in [0.29, 0.717) is 23.3 Å². The van der Waals surface area contributed by atoms with Crippen molar-refractivity contribution in [2.75, 3.05) is 32.7 Å². The van der Waals surface area contributed by atoms with Crippen molar-refractivity contribution < 1.29 is 4.52 Å². The van der Waals surface area contributed by atoms with Gasteiger partial charge >= 0.3 is 0 Å². The maximum Gasteiger partial charge on any atom is 0.241 e. The standard InChI is InChI=1S/C21H23ClN4O/c22-19-9-5-4-8-18(19)21-23-20(27-24-21)16-26-14-12-25(13-15-26)11-10-17-6-2-1-3-7-17/h1-9H,10-16H2. The van der Waals surface area contributed by atoms with Gasteiger partial charge in [-0.15, -0.1) is 0 Å². The summed E-state index contributed by atoms with van der Waals surface area (Å²) in [6, 6.07) is 18.2. The Morgan fingerprint density at radius 3 is 2.37 bits per heavy atom. The molecule has 0 spiro atoms. The van der Waals surface area contributed by atoms with Crippen LogP contribution in [0.4, 0.5) is 0 Å². The molecule has 0 radical (unpaired) electrons. The Balaban J connectivity index is 1.27. The second-order valence-corrected chi connectivity index (χ2v) is 7.25. The average molecular weight is 383 g/mol. The van der Waals surface area contributed by atoms with E-state index in [9.17, 15) is 0 Å². The van der Waals surface area contributed by atoms with Crippen molar-refractivity contribution in [3.05, 3.63) is 71.1 Å². The fraction of sp³-hybridized carbons (Fsp3) is 0.333. The molecule has 0 unspecified atom stereocenters. The van der Waals surface area contributed by atoms with Gasteiger partial charge in [0.1, 0.15) is 0 Å². The van der Waals surface area contributed by atoms with Crippen molar-refractivity contribution in [3.8, 4) is 11.4 Å². The molecule has 0 bridgehead atoms. The third-order valence-corrected chi connectivity index (χ3v) is 5.30. The van der Waals surface area contributed by atoms with Crippen LogP contribution in [0.15, 0.2) is 59.1 Å². The molecule has 0 amide bonds. The first kappa shape index (κ1) is 18.2. The van der Waals surface area contributed by atoms with E-state index >= 15 is 0 Å². The minimum absolute atomic E-state index is 0.553. The number of benzene rings is 2. The van der Waals surface area contributed by atoms with Crippen LogP contribution in [0.25, 0.3) is 11.4 Å². The first-order chi connectivity index (χ1) is 13.3. The Bertz CT molecular complexity index is 859. The molecule has 0 atom stereocenters.